The second kappa shape index (κ2) is 9.12. The predicted octanol–water partition coefficient (Wildman–Crippen LogP) is 4.60. The van der Waals surface area contributed by atoms with Crippen molar-refractivity contribution in [2.75, 3.05) is 19.0 Å². The van der Waals surface area contributed by atoms with Gasteiger partial charge in [-0.1, -0.05) is 41.7 Å². The first-order valence-corrected chi connectivity index (χ1v) is 10.4. The zero-order valence-corrected chi connectivity index (χ0v) is 17.6. The molecule has 0 heterocycles. The number of methoxy groups -OCH3 is 1. The number of sulfonamides is 1. The molecule has 6 nitrogen and oxygen atoms in total. The number of nitrogens with one attached hydrogen (secondary N) is 2. The van der Waals surface area contributed by atoms with E-state index in [0.717, 1.165) is 0 Å². The highest BCUT2D eigenvalue weighted by atomic mass is 35.5. The molecule has 0 aliphatic heterocycles. The monoisotopic (exact) mass is 450 g/mol. The molecule has 0 bridgehead atoms. The van der Waals surface area contributed by atoms with Crippen LogP contribution >= 0.6 is 34.8 Å². The van der Waals surface area contributed by atoms with Crippen LogP contribution in [-0.2, 0) is 10.0 Å². The number of carbonyl (C=O) groups excluding carboxylic acids is 1. The second-order valence-corrected chi connectivity index (χ2v) is 8.42. The third kappa shape index (κ3) is 5.27. The Labute approximate surface area is 172 Å². The Morgan fingerprint density at radius 1 is 1.07 bits per heavy atom. The Bertz CT molecular complexity index is 965. The number of hydrogen-bond acceptors (Lipinski definition) is 4. The zero-order valence-electron chi connectivity index (χ0n) is 14.5. The van der Waals surface area contributed by atoms with Gasteiger partial charge in [-0.2, -0.15) is 0 Å². The molecule has 0 unspecified atom stereocenters. The van der Waals surface area contributed by atoms with Crippen LogP contribution in [0.5, 0.6) is 5.75 Å². The molecule has 27 heavy (non-hydrogen) atoms. The quantitative estimate of drug-likeness (QED) is 0.603. The van der Waals surface area contributed by atoms with E-state index in [-0.39, 0.29) is 43.5 Å². The van der Waals surface area contributed by atoms with Crippen LogP contribution in [0, 0.1) is 0 Å². The maximum atomic E-state index is 12.6. The summed E-state index contributed by atoms with van der Waals surface area (Å²) in [6, 6.07) is 6.90. The predicted molar refractivity (Wildman–Crippen MR) is 108 cm³/mol. The Morgan fingerprint density at radius 2 is 1.74 bits per heavy atom. The lowest BCUT2D eigenvalue weighted by molar-refractivity contribution is 0.102. The molecule has 0 spiro atoms. The fourth-order valence-electron chi connectivity index (χ4n) is 2.15. The molecule has 146 valence electrons. The van der Waals surface area contributed by atoms with E-state index in [2.05, 4.69) is 10.0 Å². The van der Waals surface area contributed by atoms with Gasteiger partial charge in [-0.05, 0) is 36.8 Å². The fraction of sp³-hybridized carbons (Fsp3) is 0.235. The normalized spacial score (nSPS) is 11.3. The molecule has 2 rings (SSSR count). The van der Waals surface area contributed by atoms with Gasteiger partial charge in [-0.3, -0.25) is 4.79 Å². The Balaban J connectivity index is 2.37. The molecule has 0 aliphatic carbocycles. The molecule has 2 aromatic rings. The minimum absolute atomic E-state index is 0.106. The minimum Gasteiger partial charge on any atom is -0.495 e. The fourth-order valence-corrected chi connectivity index (χ4v) is 4.08. The topological polar surface area (TPSA) is 84.5 Å². The van der Waals surface area contributed by atoms with E-state index in [9.17, 15) is 13.2 Å². The van der Waals surface area contributed by atoms with E-state index < -0.39 is 15.9 Å². The van der Waals surface area contributed by atoms with Gasteiger partial charge >= 0.3 is 0 Å². The Hall–Kier alpha value is -1.51. The van der Waals surface area contributed by atoms with Gasteiger partial charge in [-0.25, -0.2) is 13.1 Å². The van der Waals surface area contributed by atoms with Crippen molar-refractivity contribution in [3.05, 3.63) is 51.0 Å². The number of amides is 1. The smallest absolute Gasteiger partial charge is 0.255 e. The van der Waals surface area contributed by atoms with E-state index in [1.54, 1.807) is 0 Å². The molecule has 2 N–H and O–H groups in total. The van der Waals surface area contributed by atoms with Gasteiger partial charge in [0.1, 0.15) is 10.6 Å². The van der Waals surface area contributed by atoms with Crippen molar-refractivity contribution >= 4 is 56.4 Å². The molecule has 2 aromatic carbocycles. The van der Waals surface area contributed by atoms with Crippen LogP contribution < -0.4 is 14.8 Å². The lowest BCUT2D eigenvalue weighted by Crippen LogP contribution is -2.25. The van der Waals surface area contributed by atoms with Crippen molar-refractivity contribution in [2.45, 2.75) is 18.2 Å². The standard InChI is InChI=1S/C17H17Cl3N2O4S/c1-3-6-21-27(24,25)16-7-10(4-5-15(16)26-2)17(23)22-14-9-12(19)11(18)8-13(14)20/h4-5,7-9,21H,3,6H2,1-2H3,(H,22,23). The van der Waals surface area contributed by atoms with Gasteiger partial charge < -0.3 is 10.1 Å². The number of carbonyl (C=O) groups is 1. The number of halogens is 3. The van der Waals surface area contributed by atoms with Gasteiger partial charge in [0.05, 0.1) is 27.9 Å². The van der Waals surface area contributed by atoms with E-state index in [0.29, 0.717) is 6.42 Å². The molecule has 10 heteroatoms. The maximum Gasteiger partial charge on any atom is 0.255 e. The largest absolute Gasteiger partial charge is 0.495 e. The summed E-state index contributed by atoms with van der Waals surface area (Å²) >= 11 is 17.9. The SMILES string of the molecule is CCCNS(=O)(=O)c1cc(C(=O)Nc2cc(Cl)c(Cl)cc2Cl)ccc1OC. The molecule has 0 fully saturated rings. The third-order valence-corrected chi connectivity index (χ3v) is 6.03. The minimum atomic E-state index is -3.83. The van der Waals surface area contributed by atoms with Crippen molar-refractivity contribution in [3.8, 4) is 5.75 Å². The highest BCUT2D eigenvalue weighted by Crippen LogP contribution is 2.33. The van der Waals surface area contributed by atoms with E-state index in [4.69, 9.17) is 39.5 Å². The van der Waals surface area contributed by atoms with Crippen molar-refractivity contribution < 1.29 is 17.9 Å². The summed E-state index contributed by atoms with van der Waals surface area (Å²) in [5.41, 5.74) is 0.357. The average molecular weight is 452 g/mol. The highest BCUT2D eigenvalue weighted by Gasteiger charge is 2.21. The summed E-state index contributed by atoms with van der Waals surface area (Å²) in [6.45, 7) is 2.10. The van der Waals surface area contributed by atoms with E-state index >= 15 is 0 Å². The van der Waals surface area contributed by atoms with Crippen molar-refractivity contribution in [2.24, 2.45) is 0 Å². The first-order chi connectivity index (χ1) is 12.7. The van der Waals surface area contributed by atoms with Gasteiger partial charge in [0.25, 0.3) is 5.91 Å². The first-order valence-electron chi connectivity index (χ1n) is 7.83. The van der Waals surface area contributed by atoms with Crippen LogP contribution in [0.1, 0.15) is 23.7 Å². The summed E-state index contributed by atoms with van der Waals surface area (Å²) in [4.78, 5) is 12.4. The van der Waals surface area contributed by atoms with E-state index in [1.165, 1.54) is 37.4 Å². The van der Waals surface area contributed by atoms with Crippen LogP contribution in [0.2, 0.25) is 15.1 Å². The summed E-state index contributed by atoms with van der Waals surface area (Å²) in [7, 11) is -2.48. The molecule has 0 aromatic heterocycles. The van der Waals surface area contributed by atoms with Crippen LogP contribution in [0.15, 0.2) is 35.2 Å². The number of ether oxygens (including phenoxy) is 1. The molecular weight excluding hydrogens is 435 g/mol. The maximum absolute atomic E-state index is 12.6. The first kappa shape index (κ1) is 21.8. The summed E-state index contributed by atoms with van der Waals surface area (Å²) in [5, 5.41) is 3.25. The van der Waals surface area contributed by atoms with Crippen molar-refractivity contribution in [1.29, 1.82) is 0 Å². The summed E-state index contributed by atoms with van der Waals surface area (Å²) < 4.78 is 32.5. The zero-order chi connectivity index (χ0) is 20.2. The third-order valence-electron chi connectivity index (χ3n) is 3.52. The average Bonchev–Trinajstić information content (AvgIpc) is 2.63. The molecule has 0 atom stereocenters. The summed E-state index contributed by atoms with van der Waals surface area (Å²) in [5.74, 6) is -0.437. The van der Waals surface area contributed by atoms with Crippen LogP contribution in [0.3, 0.4) is 0 Å². The number of benzene rings is 2. The van der Waals surface area contributed by atoms with Gasteiger partial charge in [0, 0.05) is 12.1 Å². The van der Waals surface area contributed by atoms with Gasteiger partial charge in [0.15, 0.2) is 0 Å². The lowest BCUT2D eigenvalue weighted by Gasteiger charge is -2.13. The molecule has 0 aliphatic rings. The van der Waals surface area contributed by atoms with Crippen LogP contribution in [-0.4, -0.2) is 28.0 Å². The van der Waals surface area contributed by atoms with Crippen LogP contribution in [0.25, 0.3) is 0 Å². The van der Waals surface area contributed by atoms with Crippen LogP contribution in [0.4, 0.5) is 5.69 Å². The molecule has 0 saturated carbocycles. The number of hydrogen-bond donors (Lipinski definition) is 2. The number of anilines is 1. The van der Waals surface area contributed by atoms with Crippen molar-refractivity contribution in [1.82, 2.24) is 4.72 Å². The lowest BCUT2D eigenvalue weighted by atomic mass is 10.2. The van der Waals surface area contributed by atoms with Gasteiger partial charge in [-0.15, -0.1) is 0 Å². The Morgan fingerprint density at radius 3 is 2.37 bits per heavy atom. The molecule has 0 radical (unpaired) electrons. The van der Waals surface area contributed by atoms with Gasteiger partial charge in [0.2, 0.25) is 10.0 Å². The Kier molecular flexibility index (Phi) is 7.36. The molecule has 1 amide bonds. The second-order valence-electron chi connectivity index (χ2n) is 5.46. The number of rotatable bonds is 7. The van der Waals surface area contributed by atoms with E-state index in [1.807, 2.05) is 6.92 Å². The molecular formula is C17H17Cl3N2O4S. The summed E-state index contributed by atoms with van der Waals surface area (Å²) in [6.07, 6.45) is 0.623. The molecule has 0 saturated heterocycles. The van der Waals surface area contributed by atoms with Crippen molar-refractivity contribution in [3.63, 3.8) is 0 Å². The highest BCUT2D eigenvalue weighted by molar-refractivity contribution is 7.89.